The van der Waals surface area contributed by atoms with Gasteiger partial charge >= 0.3 is 0 Å². The Hall–Kier alpha value is -2.12. The van der Waals surface area contributed by atoms with Gasteiger partial charge in [0.1, 0.15) is 0 Å². The fourth-order valence-corrected chi connectivity index (χ4v) is 2.97. The molecule has 1 atom stereocenters. The molecule has 1 heteroatoms. The van der Waals surface area contributed by atoms with Gasteiger partial charge in [0.2, 0.25) is 0 Å². The molecule has 0 aliphatic carbocycles. The molecule has 0 heterocycles. The average molecular weight is 290 g/mol. The van der Waals surface area contributed by atoms with Crippen molar-refractivity contribution in [2.24, 2.45) is 0 Å². The molecular formula is C20H18S. The highest BCUT2D eigenvalue weighted by Crippen LogP contribution is 2.27. The van der Waals surface area contributed by atoms with Gasteiger partial charge in [-0.05, 0) is 40.6 Å². The van der Waals surface area contributed by atoms with E-state index in [4.69, 9.17) is 0 Å². The predicted molar refractivity (Wildman–Crippen MR) is 96.2 cm³/mol. The van der Waals surface area contributed by atoms with E-state index in [0.717, 1.165) is 0 Å². The minimum Gasteiger partial charge on any atom is -0.165 e. The lowest BCUT2D eigenvalue weighted by Crippen LogP contribution is -1.81. The standard InChI is InChI=1S/C20H18S/c1-21(2)20-14-12-19(13-15-20)18-10-8-17(9-11-18)16-6-4-3-5-7-16/h3-15H,1H2,2H3. The fourth-order valence-electron chi connectivity index (χ4n) is 2.37. The van der Waals surface area contributed by atoms with Crippen LogP contribution in [0.5, 0.6) is 0 Å². The van der Waals surface area contributed by atoms with E-state index < -0.39 is 0 Å². The molecule has 0 radical (unpaired) electrons. The summed E-state index contributed by atoms with van der Waals surface area (Å²) in [5, 5.41) is 0. The van der Waals surface area contributed by atoms with Gasteiger partial charge in [0, 0.05) is 4.90 Å². The number of rotatable bonds is 3. The SMILES string of the molecule is C=S(C)c1ccc(-c2ccc(-c3ccccc3)cc2)cc1. The lowest BCUT2D eigenvalue weighted by Gasteiger charge is -2.06. The zero-order valence-corrected chi connectivity index (χ0v) is 12.9. The Morgan fingerprint density at radius 1 is 0.571 bits per heavy atom. The molecule has 3 aromatic rings. The molecule has 0 saturated heterocycles. The van der Waals surface area contributed by atoms with Crippen LogP contribution >= 0.6 is 10.5 Å². The average Bonchev–Trinajstić information content (AvgIpc) is 2.56. The van der Waals surface area contributed by atoms with Crippen molar-refractivity contribution in [1.29, 1.82) is 0 Å². The van der Waals surface area contributed by atoms with Gasteiger partial charge < -0.3 is 0 Å². The van der Waals surface area contributed by atoms with Gasteiger partial charge in [-0.15, -0.1) is 0 Å². The molecular weight excluding hydrogens is 272 g/mol. The van der Waals surface area contributed by atoms with E-state index in [-0.39, 0.29) is 10.5 Å². The molecule has 0 aromatic heterocycles. The lowest BCUT2D eigenvalue weighted by atomic mass is 10.0. The molecule has 0 N–H and O–H groups in total. The Balaban J connectivity index is 1.89. The van der Waals surface area contributed by atoms with Crippen LogP contribution in [-0.4, -0.2) is 12.1 Å². The van der Waals surface area contributed by atoms with Crippen molar-refractivity contribution in [3.05, 3.63) is 78.9 Å². The van der Waals surface area contributed by atoms with Crippen LogP contribution in [0.25, 0.3) is 22.3 Å². The van der Waals surface area contributed by atoms with Gasteiger partial charge in [-0.2, -0.15) is 10.5 Å². The minimum atomic E-state index is 0.0778. The Morgan fingerprint density at radius 3 is 1.38 bits per heavy atom. The van der Waals surface area contributed by atoms with E-state index in [1.54, 1.807) is 0 Å². The number of hydrogen-bond acceptors (Lipinski definition) is 0. The van der Waals surface area contributed by atoms with E-state index >= 15 is 0 Å². The molecule has 0 fully saturated rings. The molecule has 0 aliphatic rings. The van der Waals surface area contributed by atoms with Gasteiger partial charge in [-0.25, -0.2) is 0 Å². The first-order valence-corrected chi connectivity index (χ1v) is 8.76. The van der Waals surface area contributed by atoms with Crippen LogP contribution in [0, 0.1) is 0 Å². The van der Waals surface area contributed by atoms with Crippen LogP contribution < -0.4 is 0 Å². The molecule has 21 heavy (non-hydrogen) atoms. The Kier molecular flexibility index (Phi) is 4.03. The maximum atomic E-state index is 4.08. The largest absolute Gasteiger partial charge is 0.165 e. The van der Waals surface area contributed by atoms with E-state index in [1.165, 1.54) is 27.1 Å². The summed E-state index contributed by atoms with van der Waals surface area (Å²) in [6, 6.07) is 27.9. The van der Waals surface area contributed by atoms with Gasteiger partial charge in [0.05, 0.1) is 0 Å². The van der Waals surface area contributed by atoms with E-state index in [1.807, 2.05) is 6.07 Å². The van der Waals surface area contributed by atoms with Crippen LogP contribution in [0.15, 0.2) is 83.8 Å². The second-order valence-electron chi connectivity index (χ2n) is 5.10. The summed E-state index contributed by atoms with van der Waals surface area (Å²) in [6.07, 6.45) is 2.14. The van der Waals surface area contributed by atoms with Gasteiger partial charge in [-0.1, -0.05) is 72.6 Å². The maximum absolute atomic E-state index is 4.08. The molecule has 104 valence electrons. The minimum absolute atomic E-state index is 0.0778. The predicted octanol–water partition coefficient (Wildman–Crippen LogP) is 5.71. The van der Waals surface area contributed by atoms with E-state index in [0.29, 0.717) is 0 Å². The van der Waals surface area contributed by atoms with Crippen LogP contribution in [0.2, 0.25) is 0 Å². The second kappa shape index (κ2) is 6.11. The third-order valence-corrected chi connectivity index (χ3v) is 4.66. The summed E-state index contributed by atoms with van der Waals surface area (Å²) < 4.78 is 0. The summed E-state index contributed by atoms with van der Waals surface area (Å²) in [5.74, 6) is 4.08. The van der Waals surface area contributed by atoms with Crippen molar-refractivity contribution in [3.63, 3.8) is 0 Å². The third-order valence-electron chi connectivity index (χ3n) is 3.58. The van der Waals surface area contributed by atoms with Gasteiger partial charge in [0.15, 0.2) is 0 Å². The normalized spacial score (nSPS) is 12.0. The summed E-state index contributed by atoms with van der Waals surface area (Å²) in [5.41, 5.74) is 5.01. The van der Waals surface area contributed by atoms with Crippen molar-refractivity contribution < 1.29 is 0 Å². The monoisotopic (exact) mass is 290 g/mol. The molecule has 3 rings (SSSR count). The first-order chi connectivity index (χ1) is 10.2. The molecule has 0 aliphatic heterocycles. The zero-order chi connectivity index (χ0) is 14.7. The molecule has 0 spiro atoms. The second-order valence-corrected chi connectivity index (χ2v) is 6.85. The topological polar surface area (TPSA) is 0 Å². The van der Waals surface area contributed by atoms with Gasteiger partial charge in [0.25, 0.3) is 0 Å². The number of hydrogen-bond donors (Lipinski definition) is 0. The van der Waals surface area contributed by atoms with Crippen molar-refractivity contribution >= 4 is 16.4 Å². The molecule has 3 aromatic carbocycles. The Morgan fingerprint density at radius 2 is 0.952 bits per heavy atom. The number of benzene rings is 3. The highest BCUT2D eigenvalue weighted by molar-refractivity contribution is 8.13. The van der Waals surface area contributed by atoms with Crippen molar-refractivity contribution in [3.8, 4) is 22.3 Å². The summed E-state index contributed by atoms with van der Waals surface area (Å²) >= 11 is 0. The Labute approximate surface area is 129 Å². The first-order valence-electron chi connectivity index (χ1n) is 6.95. The van der Waals surface area contributed by atoms with Crippen molar-refractivity contribution in [2.45, 2.75) is 4.90 Å². The first kappa shape index (κ1) is 13.8. The molecule has 1 unspecified atom stereocenters. The highest BCUT2D eigenvalue weighted by atomic mass is 32.2. The van der Waals surface area contributed by atoms with Crippen LogP contribution in [0.1, 0.15) is 0 Å². The maximum Gasteiger partial charge on any atom is 0.000895 e. The summed E-state index contributed by atoms with van der Waals surface area (Å²) in [4.78, 5) is 1.31. The Bertz CT molecular complexity index is 738. The summed E-state index contributed by atoms with van der Waals surface area (Å²) in [7, 11) is 0.0778. The van der Waals surface area contributed by atoms with Crippen LogP contribution in [0.3, 0.4) is 0 Å². The van der Waals surface area contributed by atoms with Gasteiger partial charge in [-0.3, -0.25) is 0 Å². The van der Waals surface area contributed by atoms with Crippen LogP contribution in [-0.2, 0) is 0 Å². The molecule has 0 saturated carbocycles. The van der Waals surface area contributed by atoms with Crippen molar-refractivity contribution in [2.75, 3.05) is 6.26 Å². The zero-order valence-electron chi connectivity index (χ0n) is 12.1. The lowest BCUT2D eigenvalue weighted by molar-refractivity contribution is 1.46. The van der Waals surface area contributed by atoms with E-state index in [2.05, 4.69) is 84.9 Å². The smallest absolute Gasteiger partial charge is 0.000895 e. The fraction of sp³-hybridized carbons (Fsp3) is 0.0500. The van der Waals surface area contributed by atoms with E-state index in [9.17, 15) is 0 Å². The quantitative estimate of drug-likeness (QED) is 0.542. The summed E-state index contributed by atoms with van der Waals surface area (Å²) in [6.45, 7) is 0. The molecule has 0 amide bonds. The molecule has 0 nitrogen and oxygen atoms in total. The molecule has 0 bridgehead atoms. The third kappa shape index (κ3) is 3.14. The van der Waals surface area contributed by atoms with Crippen LogP contribution in [0.4, 0.5) is 0 Å². The highest BCUT2D eigenvalue weighted by Gasteiger charge is 2.00. The van der Waals surface area contributed by atoms with Crippen molar-refractivity contribution in [1.82, 2.24) is 0 Å².